The molecule has 0 aromatic carbocycles. The van der Waals surface area contributed by atoms with E-state index in [9.17, 15) is 62.7 Å². The van der Waals surface area contributed by atoms with Crippen LogP contribution < -0.4 is 22.1 Å². The lowest BCUT2D eigenvalue weighted by Gasteiger charge is -2.30. The molecule has 7 atom stereocenters. The predicted octanol–water partition coefficient (Wildman–Crippen LogP) is -2.85. The van der Waals surface area contributed by atoms with E-state index in [0.29, 0.717) is 11.8 Å². The van der Waals surface area contributed by atoms with E-state index in [2.05, 4.69) is 34.4 Å². The molecule has 1 saturated heterocycles. The highest BCUT2D eigenvalue weighted by molar-refractivity contribution is 8.15. The van der Waals surface area contributed by atoms with Crippen LogP contribution in [0.2, 0.25) is 0 Å². The minimum absolute atomic E-state index is 0.0123. The largest absolute Gasteiger partial charge is 0.481 e. The minimum atomic E-state index is -5.58. The maximum atomic E-state index is 12.6. The van der Waals surface area contributed by atoms with Crippen molar-refractivity contribution < 1.29 is 85.3 Å². The number of aromatic nitrogens is 4. The van der Waals surface area contributed by atoms with Gasteiger partial charge in [-0.2, -0.15) is 4.31 Å². The van der Waals surface area contributed by atoms with E-state index in [1.807, 2.05) is 0 Å². The zero-order valence-corrected chi connectivity index (χ0v) is 31.1. The Bertz CT molecular complexity index is 1810. The number of imidazole rings is 1. The molecular formula is C23H37N8O18P3S. The Labute approximate surface area is 302 Å². The van der Waals surface area contributed by atoms with Gasteiger partial charge >= 0.3 is 23.5 Å². The maximum Gasteiger partial charge on any atom is 0.481 e. The van der Waals surface area contributed by atoms with Gasteiger partial charge in [0.2, 0.25) is 11.8 Å². The summed E-state index contributed by atoms with van der Waals surface area (Å²) in [6.45, 7) is 0.123. The van der Waals surface area contributed by atoms with Gasteiger partial charge in [0.05, 0.1) is 19.5 Å². The molecule has 2 aromatic rings. The van der Waals surface area contributed by atoms with Crippen molar-refractivity contribution in [3.05, 3.63) is 12.7 Å². The Kier molecular flexibility index (Phi) is 15.2. The van der Waals surface area contributed by atoms with Gasteiger partial charge in [-0.15, -0.1) is 0 Å². The zero-order valence-electron chi connectivity index (χ0n) is 27.6. The summed E-state index contributed by atoms with van der Waals surface area (Å²) in [5, 5.41) is 25.1. The lowest BCUT2D eigenvalue weighted by molar-refractivity contribution is -0.137. The number of amides is 3. The Morgan fingerprint density at radius 2 is 1.72 bits per heavy atom. The number of hydrogen-bond donors (Lipinski definition) is 10. The number of rotatable bonds is 19. The van der Waals surface area contributed by atoms with Gasteiger partial charge in [-0.05, 0) is 0 Å². The zero-order chi connectivity index (χ0) is 39.9. The van der Waals surface area contributed by atoms with Crippen molar-refractivity contribution in [2.75, 3.05) is 37.8 Å². The van der Waals surface area contributed by atoms with Crippen LogP contribution in [0.4, 0.5) is 5.82 Å². The van der Waals surface area contributed by atoms with Crippen molar-refractivity contribution in [1.29, 1.82) is 0 Å². The van der Waals surface area contributed by atoms with Gasteiger partial charge in [0, 0.05) is 30.7 Å². The monoisotopic (exact) mass is 838 g/mol. The molecule has 2 aromatic heterocycles. The first-order valence-electron chi connectivity index (χ1n) is 14.8. The molecule has 3 heterocycles. The van der Waals surface area contributed by atoms with Crippen LogP contribution in [0.15, 0.2) is 12.7 Å². The number of nitrogens with one attached hydrogen (secondary N) is 2. The number of fused-ring (bicyclic) bond motifs is 1. The molecule has 0 saturated carbocycles. The topological polar surface area (TPSA) is 407 Å². The Balaban J connectivity index is 1.53. The Hall–Kier alpha value is -2.97. The number of hydrogen-bond acceptors (Lipinski definition) is 19. The second kappa shape index (κ2) is 18.1. The van der Waals surface area contributed by atoms with Crippen molar-refractivity contribution in [3.8, 4) is 0 Å². The van der Waals surface area contributed by atoms with Gasteiger partial charge in [0.15, 0.2) is 17.7 Å². The lowest BCUT2D eigenvalue weighted by Crippen LogP contribution is -2.46. The fraction of sp³-hybridized carbons (Fsp3) is 0.609. The molecule has 1 fully saturated rings. The van der Waals surface area contributed by atoms with Crippen molar-refractivity contribution in [2.45, 2.75) is 50.9 Å². The first kappa shape index (κ1) is 44.4. The average molecular weight is 839 g/mol. The molecule has 30 heteroatoms. The molecule has 26 nitrogen and oxygen atoms in total. The van der Waals surface area contributed by atoms with Gasteiger partial charge in [-0.1, -0.05) is 25.6 Å². The minimum Gasteiger partial charge on any atom is -0.386 e. The van der Waals surface area contributed by atoms with Crippen LogP contribution in [0.25, 0.3) is 11.2 Å². The van der Waals surface area contributed by atoms with Gasteiger partial charge in [0.1, 0.15) is 36.3 Å². The first-order valence-corrected chi connectivity index (χ1v) is 20.3. The van der Waals surface area contributed by atoms with Gasteiger partial charge in [-0.3, -0.25) is 37.3 Å². The van der Waals surface area contributed by atoms with Gasteiger partial charge in [-0.25, -0.2) is 28.6 Å². The smallest absolute Gasteiger partial charge is 0.386 e. The summed E-state index contributed by atoms with van der Waals surface area (Å²) in [6.07, 6.45) is -7.10. The standard InChI is InChI=1S/C23H37N8O18P3S/c1-23(2,16(34)20(36)27-4-3-12(32)26-5-6-53-22(37)18(25)35)8-46-52(43,44)49-51(41,42)45-7-11-15(48-50(38,39)40)14(33)21(47-11)31-10-30-13-17(24)28-9-29-19(13)31/h9-11,14-16,21,33-34H,3-8H2,1-2H3,(H2,25,35)(H,26,32)(H,27,36)(H,41,42)(H,43,44)(H2,24,28,29)(H2,38,39,40). The number of carbonyl (C=O) groups is 4. The third-order valence-corrected chi connectivity index (χ3v) is 10.9. The van der Waals surface area contributed by atoms with Crippen LogP contribution in [-0.2, 0) is 55.5 Å². The molecular weight excluding hydrogens is 801 g/mol. The van der Waals surface area contributed by atoms with E-state index in [4.69, 9.17) is 25.3 Å². The fourth-order valence-electron chi connectivity index (χ4n) is 4.35. The summed E-state index contributed by atoms with van der Waals surface area (Å²) in [6, 6.07) is 0. The number of anilines is 1. The number of aliphatic hydroxyl groups excluding tert-OH is 2. The van der Waals surface area contributed by atoms with E-state index >= 15 is 0 Å². The Morgan fingerprint density at radius 1 is 1.06 bits per heavy atom. The number of aliphatic hydroxyl groups is 2. The second-order valence-electron chi connectivity index (χ2n) is 11.6. The molecule has 0 aliphatic carbocycles. The molecule has 12 N–H and O–H groups in total. The molecule has 298 valence electrons. The number of ether oxygens (including phenoxy) is 1. The molecule has 7 unspecified atom stereocenters. The summed E-state index contributed by atoms with van der Waals surface area (Å²) in [5.74, 6) is -2.69. The number of phosphoric ester groups is 3. The second-order valence-corrected chi connectivity index (χ2v) is 16.9. The van der Waals surface area contributed by atoms with Crippen molar-refractivity contribution >= 4 is 75.0 Å². The molecule has 1 aliphatic rings. The SMILES string of the molecule is CC(C)(COP(=O)(O)OP(=O)(O)OCC1OC(n2cnc3c(N)ncnc32)C(O)C1OP(=O)(O)O)C(O)C(=O)NCCC(=O)NCCSC(=O)C(N)=O. The van der Waals surface area contributed by atoms with E-state index in [-0.39, 0.29) is 42.2 Å². The number of nitrogen functional groups attached to an aromatic ring is 1. The highest BCUT2D eigenvalue weighted by atomic mass is 32.2. The molecule has 0 radical (unpaired) electrons. The fourth-order valence-corrected chi connectivity index (χ4v) is 7.71. The normalized spacial score (nSPS) is 22.1. The average Bonchev–Trinajstić information content (AvgIpc) is 3.60. The molecule has 1 aliphatic heterocycles. The number of phosphoric acid groups is 3. The van der Waals surface area contributed by atoms with E-state index < -0.39 is 95.6 Å². The van der Waals surface area contributed by atoms with Crippen LogP contribution in [0, 0.1) is 5.41 Å². The third kappa shape index (κ3) is 13.1. The highest BCUT2D eigenvalue weighted by Crippen LogP contribution is 2.61. The number of carbonyl (C=O) groups excluding carboxylic acids is 4. The number of thioether (sulfide) groups is 1. The van der Waals surface area contributed by atoms with Crippen molar-refractivity contribution in [2.24, 2.45) is 11.1 Å². The summed E-state index contributed by atoms with van der Waals surface area (Å²) in [4.78, 5) is 96.9. The van der Waals surface area contributed by atoms with Crippen LogP contribution >= 0.6 is 35.2 Å². The highest BCUT2D eigenvalue weighted by Gasteiger charge is 2.50. The lowest BCUT2D eigenvalue weighted by atomic mass is 9.87. The van der Waals surface area contributed by atoms with Crippen LogP contribution in [0.1, 0.15) is 26.5 Å². The number of nitrogens with two attached hydrogens (primary N) is 2. The summed E-state index contributed by atoms with van der Waals surface area (Å²) in [7, 11) is -16.4. The summed E-state index contributed by atoms with van der Waals surface area (Å²) < 4.78 is 61.8. The summed E-state index contributed by atoms with van der Waals surface area (Å²) >= 11 is 0.604. The molecule has 3 amide bonds. The molecule has 0 spiro atoms. The maximum absolute atomic E-state index is 12.6. The van der Waals surface area contributed by atoms with E-state index in [1.165, 1.54) is 13.8 Å². The summed E-state index contributed by atoms with van der Waals surface area (Å²) in [5.41, 5.74) is 9.00. The van der Waals surface area contributed by atoms with E-state index in [1.54, 1.807) is 0 Å². The van der Waals surface area contributed by atoms with Gasteiger partial charge in [0.25, 0.3) is 11.0 Å². The molecule has 53 heavy (non-hydrogen) atoms. The van der Waals surface area contributed by atoms with E-state index in [0.717, 1.165) is 17.2 Å². The van der Waals surface area contributed by atoms with Crippen LogP contribution in [0.5, 0.6) is 0 Å². The number of nitrogens with zero attached hydrogens (tertiary/aromatic N) is 4. The van der Waals surface area contributed by atoms with Crippen LogP contribution in [0.3, 0.4) is 0 Å². The van der Waals surface area contributed by atoms with Crippen LogP contribution in [-0.4, -0.2) is 129 Å². The molecule has 3 rings (SSSR count). The first-order chi connectivity index (χ1) is 24.4. The Morgan fingerprint density at radius 3 is 2.36 bits per heavy atom. The predicted molar refractivity (Wildman–Crippen MR) is 176 cm³/mol. The van der Waals surface area contributed by atoms with Crippen molar-refractivity contribution in [3.63, 3.8) is 0 Å². The molecule has 0 bridgehead atoms. The number of primary amides is 1. The quantitative estimate of drug-likeness (QED) is 0.0387. The van der Waals surface area contributed by atoms with Gasteiger partial charge < -0.3 is 56.6 Å². The van der Waals surface area contributed by atoms with Crippen molar-refractivity contribution in [1.82, 2.24) is 30.2 Å². The third-order valence-electron chi connectivity index (χ3n) is 6.94.